The van der Waals surface area contributed by atoms with Crippen LogP contribution in [0.25, 0.3) is 33.5 Å². The van der Waals surface area contributed by atoms with Crippen LogP contribution in [0.15, 0.2) is 68.6 Å². The zero-order valence-corrected chi connectivity index (χ0v) is 14.8. The van der Waals surface area contributed by atoms with Crippen LogP contribution >= 0.6 is 0 Å². The molecular weight excluding hydrogens is 360 g/mol. The Morgan fingerprint density at radius 3 is 2.75 bits per heavy atom. The molecule has 0 radical (unpaired) electrons. The van der Waals surface area contributed by atoms with Crippen LogP contribution in [0.2, 0.25) is 0 Å². The number of methoxy groups -OCH3 is 1. The second-order valence-corrected chi connectivity index (χ2v) is 6.19. The summed E-state index contributed by atoms with van der Waals surface area (Å²) in [6.07, 6.45) is 1.46. The summed E-state index contributed by atoms with van der Waals surface area (Å²) in [6, 6.07) is 14.7. The van der Waals surface area contributed by atoms with Gasteiger partial charge in [0.05, 0.1) is 13.4 Å². The van der Waals surface area contributed by atoms with Crippen molar-refractivity contribution in [1.82, 2.24) is 19.7 Å². The van der Waals surface area contributed by atoms with Crippen molar-refractivity contribution in [2.45, 2.75) is 6.54 Å². The van der Waals surface area contributed by atoms with Gasteiger partial charge in [0.1, 0.15) is 23.4 Å². The summed E-state index contributed by atoms with van der Waals surface area (Å²) in [5, 5.41) is 4.79. The summed E-state index contributed by atoms with van der Waals surface area (Å²) in [5.74, 6) is 1.47. The molecule has 5 aromatic rings. The summed E-state index contributed by atoms with van der Waals surface area (Å²) in [5.41, 5.74) is 1.86. The lowest BCUT2D eigenvalue weighted by Crippen LogP contribution is -2.20. The topological polar surface area (TPSA) is 96.2 Å². The number of para-hydroxylation sites is 1. The Balaban J connectivity index is 1.48. The van der Waals surface area contributed by atoms with E-state index in [9.17, 15) is 4.79 Å². The van der Waals surface area contributed by atoms with E-state index in [0.29, 0.717) is 22.8 Å². The largest absolute Gasteiger partial charge is 0.497 e. The SMILES string of the molecule is COc1ccc(-c2noc(Cn3cnc4c(oc5ccccc54)c3=O)n2)cc1. The van der Waals surface area contributed by atoms with Gasteiger partial charge in [-0.25, -0.2) is 4.98 Å². The first kappa shape index (κ1) is 16.2. The highest BCUT2D eigenvalue weighted by Crippen LogP contribution is 2.24. The molecule has 8 nitrogen and oxygen atoms in total. The molecule has 3 heterocycles. The number of hydrogen-bond donors (Lipinski definition) is 0. The molecule has 0 amide bonds. The van der Waals surface area contributed by atoms with Crippen LogP contribution in [0, 0.1) is 0 Å². The minimum atomic E-state index is -0.301. The smallest absolute Gasteiger partial charge is 0.297 e. The summed E-state index contributed by atoms with van der Waals surface area (Å²) in [4.78, 5) is 21.5. The summed E-state index contributed by atoms with van der Waals surface area (Å²) in [7, 11) is 1.60. The van der Waals surface area contributed by atoms with Crippen LogP contribution in [-0.2, 0) is 6.54 Å². The Bertz CT molecular complexity index is 1350. The molecule has 0 aliphatic rings. The summed E-state index contributed by atoms with van der Waals surface area (Å²) in [6.45, 7) is 0.0992. The van der Waals surface area contributed by atoms with Gasteiger partial charge in [-0.1, -0.05) is 17.3 Å². The molecule has 2 aromatic carbocycles. The molecule has 5 rings (SSSR count). The van der Waals surface area contributed by atoms with E-state index in [2.05, 4.69) is 15.1 Å². The number of ether oxygens (including phenoxy) is 1. The number of rotatable bonds is 4. The lowest BCUT2D eigenvalue weighted by molar-refractivity contribution is 0.369. The molecule has 3 aromatic heterocycles. The monoisotopic (exact) mass is 374 g/mol. The Hall–Kier alpha value is -3.94. The molecule has 0 unspecified atom stereocenters. The Kier molecular flexibility index (Phi) is 3.68. The standard InChI is InChI=1S/C20H14N4O4/c1-26-13-8-6-12(7-9-13)19-22-16(28-23-19)10-24-11-21-17-14-4-2-3-5-15(14)27-18(17)20(24)25/h2-9,11H,10H2,1H3. The zero-order valence-electron chi connectivity index (χ0n) is 14.8. The molecule has 0 aliphatic heterocycles. The van der Waals surface area contributed by atoms with Crippen LogP contribution in [0.4, 0.5) is 0 Å². The van der Waals surface area contributed by atoms with Crippen molar-refractivity contribution >= 4 is 22.1 Å². The zero-order chi connectivity index (χ0) is 19.1. The van der Waals surface area contributed by atoms with Gasteiger partial charge in [-0.3, -0.25) is 9.36 Å². The highest BCUT2D eigenvalue weighted by Gasteiger charge is 2.15. The van der Waals surface area contributed by atoms with E-state index >= 15 is 0 Å². The second-order valence-electron chi connectivity index (χ2n) is 6.19. The molecule has 0 bridgehead atoms. The Labute approximate surface area is 158 Å². The number of benzene rings is 2. The number of nitrogens with zero attached hydrogens (tertiary/aromatic N) is 4. The van der Waals surface area contributed by atoms with Crippen LogP contribution < -0.4 is 10.3 Å². The molecule has 8 heteroatoms. The van der Waals surface area contributed by atoms with Gasteiger partial charge in [0, 0.05) is 10.9 Å². The second kappa shape index (κ2) is 6.34. The number of fused-ring (bicyclic) bond motifs is 3. The molecule has 0 saturated carbocycles. The van der Waals surface area contributed by atoms with E-state index in [1.165, 1.54) is 10.9 Å². The quantitative estimate of drug-likeness (QED) is 0.476. The van der Waals surface area contributed by atoms with E-state index in [4.69, 9.17) is 13.7 Å². The molecule has 28 heavy (non-hydrogen) atoms. The first-order chi connectivity index (χ1) is 13.7. The maximum absolute atomic E-state index is 12.8. The van der Waals surface area contributed by atoms with Gasteiger partial charge in [-0.05, 0) is 36.4 Å². The Morgan fingerprint density at radius 1 is 1.11 bits per heavy atom. The number of hydrogen-bond acceptors (Lipinski definition) is 7. The predicted octanol–water partition coefficient (Wildman–Crippen LogP) is 3.25. The van der Waals surface area contributed by atoms with E-state index in [-0.39, 0.29) is 17.7 Å². The van der Waals surface area contributed by atoms with Gasteiger partial charge in [-0.15, -0.1) is 0 Å². The van der Waals surface area contributed by atoms with E-state index < -0.39 is 0 Å². The normalized spacial score (nSPS) is 11.3. The van der Waals surface area contributed by atoms with Gasteiger partial charge in [0.15, 0.2) is 0 Å². The molecule has 0 saturated heterocycles. The summed E-state index contributed by atoms with van der Waals surface area (Å²) < 4.78 is 17.5. The maximum Gasteiger partial charge on any atom is 0.297 e. The minimum Gasteiger partial charge on any atom is -0.497 e. The number of aromatic nitrogens is 4. The van der Waals surface area contributed by atoms with Crippen molar-refractivity contribution in [2.75, 3.05) is 7.11 Å². The molecule has 0 fully saturated rings. The average Bonchev–Trinajstić information content (AvgIpc) is 3.35. The maximum atomic E-state index is 12.8. The third kappa shape index (κ3) is 2.62. The molecular formula is C20H14N4O4. The van der Waals surface area contributed by atoms with E-state index in [1.54, 1.807) is 13.2 Å². The average molecular weight is 374 g/mol. The fourth-order valence-electron chi connectivity index (χ4n) is 3.05. The highest BCUT2D eigenvalue weighted by atomic mass is 16.5. The molecule has 0 spiro atoms. The fourth-order valence-corrected chi connectivity index (χ4v) is 3.05. The summed E-state index contributed by atoms with van der Waals surface area (Å²) >= 11 is 0. The lowest BCUT2D eigenvalue weighted by Gasteiger charge is -2.00. The van der Waals surface area contributed by atoms with Crippen molar-refractivity contribution < 1.29 is 13.7 Å². The third-order valence-corrected chi connectivity index (χ3v) is 4.47. The molecule has 0 aliphatic carbocycles. The van der Waals surface area contributed by atoms with Gasteiger partial charge < -0.3 is 13.7 Å². The number of furan rings is 1. The molecule has 0 atom stereocenters. The van der Waals surface area contributed by atoms with Gasteiger partial charge in [-0.2, -0.15) is 4.98 Å². The van der Waals surface area contributed by atoms with E-state index in [1.807, 2.05) is 42.5 Å². The van der Waals surface area contributed by atoms with Gasteiger partial charge in [0.25, 0.3) is 5.56 Å². The van der Waals surface area contributed by atoms with E-state index in [0.717, 1.165) is 16.7 Å². The highest BCUT2D eigenvalue weighted by molar-refractivity contribution is 6.01. The van der Waals surface area contributed by atoms with Gasteiger partial charge in [0.2, 0.25) is 17.3 Å². The first-order valence-electron chi connectivity index (χ1n) is 8.56. The Morgan fingerprint density at radius 2 is 1.93 bits per heavy atom. The van der Waals surface area contributed by atoms with Crippen molar-refractivity contribution in [2.24, 2.45) is 0 Å². The fraction of sp³-hybridized carbons (Fsp3) is 0.100. The molecule has 138 valence electrons. The van der Waals surface area contributed by atoms with Crippen LogP contribution in [0.1, 0.15) is 5.89 Å². The van der Waals surface area contributed by atoms with Crippen LogP contribution in [-0.4, -0.2) is 26.8 Å². The van der Waals surface area contributed by atoms with Crippen LogP contribution in [0.3, 0.4) is 0 Å². The van der Waals surface area contributed by atoms with Crippen molar-refractivity contribution in [3.05, 3.63) is 71.1 Å². The van der Waals surface area contributed by atoms with Crippen molar-refractivity contribution in [3.8, 4) is 17.1 Å². The van der Waals surface area contributed by atoms with Crippen molar-refractivity contribution in [3.63, 3.8) is 0 Å². The third-order valence-electron chi connectivity index (χ3n) is 4.47. The van der Waals surface area contributed by atoms with Gasteiger partial charge >= 0.3 is 0 Å². The van der Waals surface area contributed by atoms with Crippen LogP contribution in [0.5, 0.6) is 5.75 Å². The predicted molar refractivity (Wildman–Crippen MR) is 101 cm³/mol. The minimum absolute atomic E-state index is 0.0992. The molecule has 0 N–H and O–H groups in total. The van der Waals surface area contributed by atoms with Crippen molar-refractivity contribution in [1.29, 1.82) is 0 Å². The lowest BCUT2D eigenvalue weighted by atomic mass is 10.2. The first-order valence-corrected chi connectivity index (χ1v) is 8.56.